The number of fused-ring (bicyclic) bond motifs is 1. The van der Waals surface area contributed by atoms with E-state index in [9.17, 15) is 14.4 Å². The lowest BCUT2D eigenvalue weighted by molar-refractivity contribution is -0.127. The number of aromatic nitrogens is 2. The summed E-state index contributed by atoms with van der Waals surface area (Å²) in [5.74, 6) is -1.47. The molecule has 1 aromatic heterocycles. The summed E-state index contributed by atoms with van der Waals surface area (Å²) in [5.41, 5.74) is 3.15. The van der Waals surface area contributed by atoms with Crippen LogP contribution in [-0.2, 0) is 14.3 Å². The van der Waals surface area contributed by atoms with Gasteiger partial charge in [0.25, 0.3) is 5.91 Å². The third-order valence-electron chi connectivity index (χ3n) is 3.66. The topological polar surface area (TPSA) is 110 Å². The summed E-state index contributed by atoms with van der Waals surface area (Å²) in [6, 6.07) is 4.83. The SMILES string of the molecule is CCCNC(=O)CNC(=O)COC(=O)c1ccc2nc(C)c(C)nc2c1. The molecule has 2 rings (SSSR count). The smallest absolute Gasteiger partial charge is 0.338 e. The minimum absolute atomic E-state index is 0.152. The second kappa shape index (κ2) is 8.89. The van der Waals surface area contributed by atoms with E-state index in [0.717, 1.165) is 17.8 Å². The normalized spacial score (nSPS) is 10.4. The molecule has 0 spiro atoms. The quantitative estimate of drug-likeness (QED) is 0.716. The van der Waals surface area contributed by atoms with Gasteiger partial charge in [-0.15, -0.1) is 0 Å². The van der Waals surface area contributed by atoms with Gasteiger partial charge in [-0.3, -0.25) is 9.59 Å². The van der Waals surface area contributed by atoms with Crippen LogP contribution in [0.15, 0.2) is 18.2 Å². The highest BCUT2D eigenvalue weighted by Crippen LogP contribution is 2.15. The summed E-state index contributed by atoms with van der Waals surface area (Å²) < 4.78 is 4.98. The van der Waals surface area contributed by atoms with Crippen LogP contribution in [0.25, 0.3) is 11.0 Å². The van der Waals surface area contributed by atoms with Crippen LogP contribution < -0.4 is 10.6 Å². The molecule has 26 heavy (non-hydrogen) atoms. The van der Waals surface area contributed by atoms with Crippen molar-refractivity contribution in [2.45, 2.75) is 27.2 Å². The van der Waals surface area contributed by atoms with Gasteiger partial charge in [-0.25, -0.2) is 14.8 Å². The van der Waals surface area contributed by atoms with E-state index >= 15 is 0 Å². The molecule has 2 amide bonds. The molecule has 8 nitrogen and oxygen atoms in total. The largest absolute Gasteiger partial charge is 0.452 e. The van der Waals surface area contributed by atoms with Crippen molar-refractivity contribution in [3.05, 3.63) is 35.2 Å². The number of aryl methyl sites for hydroxylation is 2. The van der Waals surface area contributed by atoms with Gasteiger partial charge in [-0.1, -0.05) is 6.92 Å². The second-order valence-electron chi connectivity index (χ2n) is 5.80. The highest BCUT2D eigenvalue weighted by Gasteiger charge is 2.13. The van der Waals surface area contributed by atoms with Crippen LogP contribution in [0.1, 0.15) is 35.1 Å². The summed E-state index contributed by atoms with van der Waals surface area (Å²) in [7, 11) is 0. The molecule has 0 bridgehead atoms. The number of rotatable bonds is 7. The predicted octanol–water partition coefficient (Wildman–Crippen LogP) is 1.05. The van der Waals surface area contributed by atoms with Crippen LogP contribution in [0.2, 0.25) is 0 Å². The van der Waals surface area contributed by atoms with Crippen LogP contribution in [0, 0.1) is 13.8 Å². The predicted molar refractivity (Wildman–Crippen MR) is 95.6 cm³/mol. The number of benzene rings is 1. The Labute approximate surface area is 151 Å². The molecule has 0 saturated carbocycles. The zero-order valence-electron chi connectivity index (χ0n) is 15.1. The van der Waals surface area contributed by atoms with Crippen LogP contribution in [0.5, 0.6) is 0 Å². The molecule has 0 unspecified atom stereocenters. The Morgan fingerprint density at radius 3 is 2.38 bits per heavy atom. The highest BCUT2D eigenvalue weighted by molar-refractivity contribution is 5.95. The number of nitrogens with zero attached hydrogens (tertiary/aromatic N) is 2. The van der Waals surface area contributed by atoms with Gasteiger partial charge in [0.05, 0.1) is 34.5 Å². The Hall–Kier alpha value is -3.03. The molecule has 2 aromatic rings. The van der Waals surface area contributed by atoms with Gasteiger partial charge in [0.1, 0.15) is 0 Å². The molecule has 1 heterocycles. The molecule has 0 atom stereocenters. The molecule has 0 aliphatic heterocycles. The number of carbonyl (C=O) groups excluding carboxylic acids is 3. The molecule has 8 heteroatoms. The zero-order valence-corrected chi connectivity index (χ0v) is 15.1. The van der Waals surface area contributed by atoms with Crippen LogP contribution in [0.4, 0.5) is 0 Å². The monoisotopic (exact) mass is 358 g/mol. The molecule has 0 fully saturated rings. The van der Waals surface area contributed by atoms with Gasteiger partial charge < -0.3 is 15.4 Å². The summed E-state index contributed by atoms with van der Waals surface area (Å²) in [5, 5.41) is 5.02. The van der Waals surface area contributed by atoms with Gasteiger partial charge in [0.15, 0.2) is 6.61 Å². The molecule has 0 aliphatic rings. The molecule has 2 N–H and O–H groups in total. The van der Waals surface area contributed by atoms with Crippen LogP contribution in [0.3, 0.4) is 0 Å². The summed E-state index contributed by atoms with van der Waals surface area (Å²) in [4.78, 5) is 43.9. The molecule has 138 valence electrons. The maximum atomic E-state index is 12.1. The van der Waals surface area contributed by atoms with Crippen molar-refractivity contribution in [2.75, 3.05) is 19.7 Å². The highest BCUT2D eigenvalue weighted by atomic mass is 16.5. The van der Waals surface area contributed by atoms with Crippen molar-refractivity contribution in [1.29, 1.82) is 0 Å². The molecule has 1 aromatic carbocycles. The van der Waals surface area contributed by atoms with Crippen LogP contribution >= 0.6 is 0 Å². The van der Waals surface area contributed by atoms with E-state index in [0.29, 0.717) is 17.6 Å². The third kappa shape index (κ3) is 5.23. The fourth-order valence-corrected chi connectivity index (χ4v) is 2.13. The Morgan fingerprint density at radius 2 is 1.69 bits per heavy atom. The number of ether oxygens (including phenoxy) is 1. The standard InChI is InChI=1S/C18H22N4O4/c1-4-7-19-16(23)9-20-17(24)10-26-18(25)13-5-6-14-15(8-13)22-12(3)11(2)21-14/h5-6,8H,4,7,9-10H2,1-3H3,(H,19,23)(H,20,24). The van der Waals surface area contributed by atoms with Crippen molar-refractivity contribution in [2.24, 2.45) is 0 Å². The van der Waals surface area contributed by atoms with E-state index in [4.69, 9.17) is 4.74 Å². The van der Waals surface area contributed by atoms with E-state index < -0.39 is 18.5 Å². The summed E-state index contributed by atoms with van der Waals surface area (Å²) >= 11 is 0. The first-order valence-electron chi connectivity index (χ1n) is 8.36. The van der Waals surface area contributed by atoms with Crippen molar-refractivity contribution in [3.63, 3.8) is 0 Å². The molecular weight excluding hydrogens is 336 g/mol. The lowest BCUT2D eigenvalue weighted by Gasteiger charge is -2.08. The van der Waals surface area contributed by atoms with Gasteiger partial charge in [0, 0.05) is 6.54 Å². The number of hydrogen-bond donors (Lipinski definition) is 2. The van der Waals surface area contributed by atoms with Gasteiger partial charge in [-0.05, 0) is 38.5 Å². The summed E-state index contributed by atoms with van der Waals surface area (Å²) in [6.07, 6.45) is 0.812. The number of carbonyl (C=O) groups is 3. The van der Waals surface area contributed by atoms with E-state index in [-0.39, 0.29) is 18.0 Å². The lowest BCUT2D eigenvalue weighted by Crippen LogP contribution is -2.38. The molecule has 0 radical (unpaired) electrons. The first-order valence-corrected chi connectivity index (χ1v) is 8.36. The minimum Gasteiger partial charge on any atom is -0.452 e. The molecule has 0 aliphatic carbocycles. The van der Waals surface area contributed by atoms with E-state index in [2.05, 4.69) is 20.6 Å². The lowest BCUT2D eigenvalue weighted by atomic mass is 10.2. The number of esters is 1. The van der Waals surface area contributed by atoms with E-state index in [1.807, 2.05) is 20.8 Å². The maximum Gasteiger partial charge on any atom is 0.338 e. The Balaban J connectivity index is 1.89. The van der Waals surface area contributed by atoms with Gasteiger partial charge in [-0.2, -0.15) is 0 Å². The van der Waals surface area contributed by atoms with Crippen molar-refractivity contribution >= 4 is 28.8 Å². The van der Waals surface area contributed by atoms with Gasteiger partial charge in [0.2, 0.25) is 5.91 Å². The third-order valence-corrected chi connectivity index (χ3v) is 3.66. The first kappa shape index (κ1) is 19.3. The maximum absolute atomic E-state index is 12.1. The number of hydrogen-bond acceptors (Lipinski definition) is 6. The summed E-state index contributed by atoms with van der Waals surface area (Å²) in [6.45, 7) is 5.57. The minimum atomic E-state index is -0.641. The van der Waals surface area contributed by atoms with Crippen molar-refractivity contribution in [1.82, 2.24) is 20.6 Å². The average Bonchev–Trinajstić information content (AvgIpc) is 2.63. The van der Waals surface area contributed by atoms with Crippen molar-refractivity contribution in [3.8, 4) is 0 Å². The number of nitrogens with one attached hydrogen (secondary N) is 2. The van der Waals surface area contributed by atoms with Crippen LogP contribution in [-0.4, -0.2) is 47.4 Å². The van der Waals surface area contributed by atoms with Crippen molar-refractivity contribution < 1.29 is 19.1 Å². The number of amides is 2. The van der Waals surface area contributed by atoms with E-state index in [1.165, 1.54) is 0 Å². The van der Waals surface area contributed by atoms with Gasteiger partial charge >= 0.3 is 5.97 Å². The Morgan fingerprint density at radius 1 is 1.00 bits per heavy atom. The Bertz CT molecular complexity index is 835. The molecular formula is C18H22N4O4. The fourth-order valence-electron chi connectivity index (χ4n) is 2.13. The second-order valence-corrected chi connectivity index (χ2v) is 5.80. The first-order chi connectivity index (χ1) is 12.4. The van der Waals surface area contributed by atoms with E-state index in [1.54, 1.807) is 18.2 Å². The average molecular weight is 358 g/mol. The molecule has 0 saturated heterocycles. The fraction of sp³-hybridized carbons (Fsp3) is 0.389. The Kier molecular flexibility index (Phi) is 6.60. The zero-order chi connectivity index (χ0) is 19.1.